The predicted octanol–water partition coefficient (Wildman–Crippen LogP) is 2.07. The van der Waals surface area contributed by atoms with E-state index >= 15 is 0 Å². The summed E-state index contributed by atoms with van der Waals surface area (Å²) >= 11 is 5.55. The minimum absolute atomic E-state index is 0.330. The highest BCUT2D eigenvalue weighted by Gasteiger charge is 2.28. The first-order valence-corrected chi connectivity index (χ1v) is 11.2. The summed E-state index contributed by atoms with van der Waals surface area (Å²) in [6.07, 6.45) is 0. The Morgan fingerprint density at radius 2 is 1.59 bits per heavy atom. The summed E-state index contributed by atoms with van der Waals surface area (Å²) in [4.78, 5) is 2.46. The summed E-state index contributed by atoms with van der Waals surface area (Å²) in [5.41, 5.74) is 1.97. The molecule has 0 saturated carbocycles. The Bertz CT molecular complexity index is 1150. The average Bonchev–Trinajstić information content (AvgIpc) is 3.09. The minimum atomic E-state index is -3.46. The van der Waals surface area contributed by atoms with E-state index in [1.165, 1.54) is 4.31 Å². The Kier molecular flexibility index (Phi) is 5.59. The van der Waals surface area contributed by atoms with E-state index in [1.54, 1.807) is 33.6 Å². The second-order valence-electron chi connectivity index (χ2n) is 6.94. The van der Waals surface area contributed by atoms with Gasteiger partial charge >= 0.3 is 0 Å². The summed E-state index contributed by atoms with van der Waals surface area (Å²) < 4.78 is 30.9. The molecule has 0 N–H and O–H groups in total. The van der Waals surface area contributed by atoms with Crippen molar-refractivity contribution >= 4 is 22.2 Å². The molecule has 1 aliphatic rings. The molecule has 152 valence electrons. The molecule has 8 nitrogen and oxygen atoms in total. The van der Waals surface area contributed by atoms with Gasteiger partial charge in [0.2, 0.25) is 14.8 Å². The maximum absolute atomic E-state index is 12.8. The van der Waals surface area contributed by atoms with Crippen molar-refractivity contribution in [2.75, 3.05) is 26.2 Å². The van der Waals surface area contributed by atoms with Gasteiger partial charge in [-0.3, -0.25) is 4.90 Å². The van der Waals surface area contributed by atoms with Crippen LogP contribution in [0.15, 0.2) is 59.5 Å². The van der Waals surface area contributed by atoms with Crippen LogP contribution in [-0.2, 0) is 16.7 Å². The van der Waals surface area contributed by atoms with E-state index in [1.807, 2.05) is 37.3 Å². The number of benzene rings is 2. The van der Waals surface area contributed by atoms with Gasteiger partial charge in [0, 0.05) is 26.2 Å². The average molecular weight is 431 g/mol. The number of hydrogen-bond donors (Lipinski definition) is 0. The van der Waals surface area contributed by atoms with Gasteiger partial charge in [0.25, 0.3) is 0 Å². The third-order valence-corrected chi connectivity index (χ3v) is 7.33. The van der Waals surface area contributed by atoms with E-state index in [0.717, 1.165) is 11.3 Å². The van der Waals surface area contributed by atoms with Crippen LogP contribution in [0.2, 0.25) is 0 Å². The zero-order valence-electron chi connectivity index (χ0n) is 16.0. The smallest absolute Gasteiger partial charge is 0.243 e. The molecule has 0 radical (unpaired) electrons. The van der Waals surface area contributed by atoms with Crippen LogP contribution in [0.3, 0.4) is 0 Å². The maximum atomic E-state index is 12.8. The summed E-state index contributed by atoms with van der Waals surface area (Å²) in [6.45, 7) is 4.54. The van der Waals surface area contributed by atoms with Crippen molar-refractivity contribution in [2.45, 2.75) is 18.5 Å². The SMILES string of the molecule is Cc1ccccc1-n1nnn(CN2CCN(S(=O)(=O)c3ccccc3)CC2)c1=S. The van der Waals surface area contributed by atoms with Crippen LogP contribution in [0.1, 0.15) is 5.56 Å². The summed E-state index contributed by atoms with van der Waals surface area (Å²) in [7, 11) is -3.46. The van der Waals surface area contributed by atoms with Gasteiger partial charge in [-0.05, 0) is 53.3 Å². The fourth-order valence-electron chi connectivity index (χ4n) is 3.36. The number of hydrogen-bond acceptors (Lipinski definition) is 6. The van der Waals surface area contributed by atoms with Crippen molar-refractivity contribution in [1.82, 2.24) is 29.0 Å². The molecule has 2 heterocycles. The van der Waals surface area contributed by atoms with Crippen molar-refractivity contribution in [3.63, 3.8) is 0 Å². The Hall–Kier alpha value is -2.40. The van der Waals surface area contributed by atoms with Crippen molar-refractivity contribution in [3.8, 4) is 5.69 Å². The highest BCUT2D eigenvalue weighted by molar-refractivity contribution is 7.89. The molecule has 29 heavy (non-hydrogen) atoms. The number of tetrazole rings is 1. The van der Waals surface area contributed by atoms with E-state index in [4.69, 9.17) is 12.2 Å². The monoisotopic (exact) mass is 430 g/mol. The number of sulfonamides is 1. The molecule has 1 fully saturated rings. The lowest BCUT2D eigenvalue weighted by atomic mass is 10.2. The first kappa shape index (κ1) is 19.9. The molecule has 0 atom stereocenters. The number of nitrogens with zero attached hydrogens (tertiary/aromatic N) is 6. The Morgan fingerprint density at radius 3 is 2.28 bits per heavy atom. The third kappa shape index (κ3) is 4.01. The van der Waals surface area contributed by atoms with E-state index in [2.05, 4.69) is 15.3 Å². The second-order valence-corrected chi connectivity index (χ2v) is 9.24. The number of para-hydroxylation sites is 1. The molecule has 0 spiro atoms. The van der Waals surface area contributed by atoms with Crippen LogP contribution in [0.25, 0.3) is 5.69 Å². The lowest BCUT2D eigenvalue weighted by Crippen LogP contribution is -2.48. The van der Waals surface area contributed by atoms with Gasteiger partial charge in [0.05, 0.1) is 17.3 Å². The third-order valence-electron chi connectivity index (χ3n) is 5.03. The Morgan fingerprint density at radius 1 is 0.931 bits per heavy atom. The lowest BCUT2D eigenvalue weighted by molar-refractivity contribution is 0.144. The van der Waals surface area contributed by atoms with Gasteiger partial charge in [-0.25, -0.2) is 13.1 Å². The molecule has 1 aromatic heterocycles. The molecule has 2 aromatic carbocycles. The number of aryl methyl sites for hydroxylation is 1. The molecular weight excluding hydrogens is 408 g/mol. The summed E-state index contributed by atoms with van der Waals surface area (Å²) in [5, 5.41) is 8.39. The van der Waals surface area contributed by atoms with Crippen LogP contribution >= 0.6 is 12.2 Å². The first-order valence-electron chi connectivity index (χ1n) is 9.33. The molecule has 0 unspecified atom stereocenters. The zero-order chi connectivity index (χ0) is 20.4. The number of piperazine rings is 1. The molecular formula is C19H22N6O2S2. The highest BCUT2D eigenvalue weighted by atomic mass is 32.2. The van der Waals surface area contributed by atoms with Gasteiger partial charge in [-0.2, -0.15) is 8.99 Å². The molecule has 0 bridgehead atoms. The summed E-state index contributed by atoms with van der Waals surface area (Å²) in [6, 6.07) is 16.4. The van der Waals surface area contributed by atoms with Gasteiger partial charge in [0.15, 0.2) is 0 Å². The van der Waals surface area contributed by atoms with Crippen LogP contribution in [0, 0.1) is 11.7 Å². The van der Waals surface area contributed by atoms with Gasteiger partial charge < -0.3 is 0 Å². The van der Waals surface area contributed by atoms with E-state index in [0.29, 0.717) is 42.5 Å². The molecule has 4 rings (SSSR count). The van der Waals surface area contributed by atoms with Crippen molar-refractivity contribution in [3.05, 3.63) is 64.9 Å². The molecule has 0 aliphatic carbocycles. The normalized spacial score (nSPS) is 16.2. The van der Waals surface area contributed by atoms with Crippen molar-refractivity contribution in [2.24, 2.45) is 0 Å². The standard InChI is InChI=1S/C19H22N6O2S2/c1-16-7-5-6-10-18(16)25-19(28)24(20-21-25)15-22-11-13-23(14-12-22)29(26,27)17-8-3-2-4-9-17/h2-10H,11-15H2,1H3. The predicted molar refractivity (Wildman–Crippen MR) is 112 cm³/mol. The molecule has 10 heteroatoms. The fourth-order valence-corrected chi connectivity index (χ4v) is 5.03. The minimum Gasteiger partial charge on any atom is -0.282 e. The topological polar surface area (TPSA) is 76.3 Å². The van der Waals surface area contributed by atoms with Crippen LogP contribution in [0.4, 0.5) is 0 Å². The number of rotatable bonds is 5. The largest absolute Gasteiger partial charge is 0.282 e. The van der Waals surface area contributed by atoms with Crippen LogP contribution in [-0.4, -0.2) is 63.6 Å². The van der Waals surface area contributed by atoms with Crippen LogP contribution in [0.5, 0.6) is 0 Å². The number of aromatic nitrogens is 4. The second kappa shape index (κ2) is 8.15. The molecule has 1 saturated heterocycles. The van der Waals surface area contributed by atoms with Gasteiger partial charge in [0.1, 0.15) is 0 Å². The van der Waals surface area contributed by atoms with Crippen molar-refractivity contribution < 1.29 is 8.42 Å². The van der Waals surface area contributed by atoms with Gasteiger partial charge in [-0.15, -0.1) is 0 Å². The maximum Gasteiger partial charge on any atom is 0.243 e. The fraction of sp³-hybridized carbons (Fsp3) is 0.316. The molecule has 1 aliphatic heterocycles. The molecule has 0 amide bonds. The molecule has 3 aromatic rings. The quantitative estimate of drug-likeness (QED) is 0.577. The van der Waals surface area contributed by atoms with Gasteiger partial charge in [-0.1, -0.05) is 36.4 Å². The highest BCUT2D eigenvalue weighted by Crippen LogP contribution is 2.18. The summed E-state index contributed by atoms with van der Waals surface area (Å²) in [5.74, 6) is 0. The van der Waals surface area contributed by atoms with Crippen molar-refractivity contribution in [1.29, 1.82) is 0 Å². The lowest BCUT2D eigenvalue weighted by Gasteiger charge is -2.33. The zero-order valence-corrected chi connectivity index (χ0v) is 17.7. The van der Waals surface area contributed by atoms with E-state index in [9.17, 15) is 8.42 Å². The Labute approximate surface area is 175 Å². The first-order chi connectivity index (χ1) is 14.0. The van der Waals surface area contributed by atoms with Crippen LogP contribution < -0.4 is 0 Å². The van der Waals surface area contributed by atoms with E-state index in [-0.39, 0.29) is 0 Å². The van der Waals surface area contributed by atoms with E-state index < -0.39 is 10.0 Å². The Balaban J connectivity index is 1.43.